The van der Waals surface area contributed by atoms with E-state index in [0.29, 0.717) is 11.6 Å². The number of ether oxygens (including phenoxy) is 1. The highest BCUT2D eigenvalue weighted by molar-refractivity contribution is 6.30. The molecule has 0 bridgehead atoms. The first kappa shape index (κ1) is 18.2. The number of halogens is 1. The molecule has 0 spiro atoms. The minimum absolute atomic E-state index is 0.00217. The Hall–Kier alpha value is -1.10. The quantitative estimate of drug-likeness (QED) is 0.864. The Labute approximate surface area is 143 Å². The summed E-state index contributed by atoms with van der Waals surface area (Å²) in [5, 5.41) is 3.84. The van der Waals surface area contributed by atoms with Crippen LogP contribution in [-0.4, -0.2) is 24.7 Å². The summed E-state index contributed by atoms with van der Waals surface area (Å²) in [5.74, 6) is -0.0508. The Bertz CT molecular complexity index is 525. The number of benzene rings is 1. The molecule has 1 fully saturated rings. The lowest BCUT2D eigenvalue weighted by molar-refractivity contribution is -0.132. The Morgan fingerprint density at radius 2 is 2.00 bits per heavy atom. The summed E-state index contributed by atoms with van der Waals surface area (Å²) < 4.78 is 5.70. The lowest BCUT2D eigenvalue weighted by atomic mass is 9.85. The number of rotatable bonds is 5. The van der Waals surface area contributed by atoms with Gasteiger partial charge in [-0.3, -0.25) is 4.79 Å². The molecule has 1 heterocycles. The molecule has 0 aromatic heterocycles. The molecule has 1 aliphatic rings. The standard InChI is InChI=1S/C18H27ClN2O2/c1-18(2,3)10-15(12-4-6-13(19)7-5-12)21-17(22)16-9-8-14(11-20)23-16/h4-7,14-16H,8-11,20H2,1-3H3,(H,21,22)/t14-,15?,16+/m1/s1. The zero-order valence-electron chi connectivity index (χ0n) is 14.1. The van der Waals surface area contributed by atoms with Crippen LogP contribution in [0.2, 0.25) is 5.02 Å². The van der Waals surface area contributed by atoms with Crippen LogP contribution in [0.4, 0.5) is 0 Å². The van der Waals surface area contributed by atoms with Gasteiger partial charge >= 0.3 is 0 Å². The van der Waals surface area contributed by atoms with Crippen LogP contribution in [0.1, 0.15) is 51.6 Å². The molecule has 1 amide bonds. The van der Waals surface area contributed by atoms with Crippen LogP contribution in [0.3, 0.4) is 0 Å². The zero-order valence-corrected chi connectivity index (χ0v) is 14.9. The van der Waals surface area contributed by atoms with Crippen LogP contribution in [0.25, 0.3) is 0 Å². The van der Waals surface area contributed by atoms with E-state index in [9.17, 15) is 4.79 Å². The monoisotopic (exact) mass is 338 g/mol. The third-order valence-corrected chi connectivity index (χ3v) is 4.32. The first-order valence-corrected chi connectivity index (χ1v) is 8.57. The summed E-state index contributed by atoms with van der Waals surface area (Å²) in [5.41, 5.74) is 6.77. The van der Waals surface area contributed by atoms with Crippen molar-refractivity contribution in [2.24, 2.45) is 11.1 Å². The van der Waals surface area contributed by atoms with Gasteiger partial charge < -0.3 is 15.8 Å². The third kappa shape index (κ3) is 5.48. The van der Waals surface area contributed by atoms with Crippen molar-refractivity contribution >= 4 is 17.5 Å². The normalized spacial score (nSPS) is 22.8. The number of hydrogen-bond acceptors (Lipinski definition) is 3. The number of hydrogen-bond donors (Lipinski definition) is 2. The molecule has 128 valence electrons. The van der Waals surface area contributed by atoms with Crippen molar-refractivity contribution in [1.29, 1.82) is 0 Å². The summed E-state index contributed by atoms with van der Waals surface area (Å²) in [7, 11) is 0. The first-order valence-electron chi connectivity index (χ1n) is 8.20. The smallest absolute Gasteiger partial charge is 0.249 e. The molecule has 4 nitrogen and oxygen atoms in total. The number of amides is 1. The molecule has 0 aliphatic carbocycles. The van der Waals surface area contributed by atoms with Gasteiger partial charge in [-0.1, -0.05) is 44.5 Å². The summed E-state index contributed by atoms with van der Waals surface area (Å²) in [6.45, 7) is 6.96. The Balaban J connectivity index is 2.08. The second kappa shape index (κ2) is 7.65. The van der Waals surface area contributed by atoms with Crippen molar-refractivity contribution in [3.63, 3.8) is 0 Å². The fraction of sp³-hybridized carbons (Fsp3) is 0.611. The molecular formula is C18H27ClN2O2. The van der Waals surface area contributed by atoms with Gasteiger partial charge in [0.1, 0.15) is 6.10 Å². The van der Waals surface area contributed by atoms with Crippen molar-refractivity contribution in [3.05, 3.63) is 34.9 Å². The van der Waals surface area contributed by atoms with Gasteiger partial charge in [0, 0.05) is 11.6 Å². The Kier molecular flexibility index (Phi) is 6.06. The van der Waals surface area contributed by atoms with E-state index < -0.39 is 6.10 Å². The van der Waals surface area contributed by atoms with Crippen LogP contribution in [0.15, 0.2) is 24.3 Å². The molecule has 1 aromatic carbocycles. The molecule has 1 unspecified atom stereocenters. The van der Waals surface area contributed by atoms with E-state index in [4.69, 9.17) is 22.1 Å². The fourth-order valence-electron chi connectivity index (χ4n) is 2.90. The van der Waals surface area contributed by atoms with Gasteiger partial charge in [0.15, 0.2) is 0 Å². The molecule has 3 N–H and O–H groups in total. The Morgan fingerprint density at radius 1 is 1.35 bits per heavy atom. The summed E-state index contributed by atoms with van der Waals surface area (Å²) in [6.07, 6.45) is 2.03. The van der Waals surface area contributed by atoms with E-state index in [0.717, 1.165) is 24.8 Å². The van der Waals surface area contributed by atoms with Crippen LogP contribution < -0.4 is 11.1 Å². The average Bonchev–Trinajstić information content (AvgIpc) is 2.95. The molecule has 1 saturated heterocycles. The van der Waals surface area contributed by atoms with Gasteiger partial charge in [-0.05, 0) is 42.4 Å². The second-order valence-electron chi connectivity index (χ2n) is 7.44. The van der Waals surface area contributed by atoms with Gasteiger partial charge in [-0.15, -0.1) is 0 Å². The van der Waals surface area contributed by atoms with Gasteiger partial charge in [0.05, 0.1) is 12.1 Å². The summed E-state index contributed by atoms with van der Waals surface area (Å²) in [6, 6.07) is 7.60. The lowest BCUT2D eigenvalue weighted by Crippen LogP contribution is -2.39. The molecule has 0 radical (unpaired) electrons. The van der Waals surface area contributed by atoms with Crippen molar-refractivity contribution in [3.8, 4) is 0 Å². The fourth-order valence-corrected chi connectivity index (χ4v) is 3.02. The zero-order chi connectivity index (χ0) is 17.0. The topological polar surface area (TPSA) is 64.4 Å². The highest BCUT2D eigenvalue weighted by Crippen LogP contribution is 2.30. The molecule has 0 saturated carbocycles. The van der Waals surface area contributed by atoms with Crippen LogP contribution >= 0.6 is 11.6 Å². The first-order chi connectivity index (χ1) is 10.8. The van der Waals surface area contributed by atoms with E-state index in [1.54, 1.807) is 0 Å². The molecule has 1 aliphatic heterocycles. The summed E-state index contributed by atoms with van der Waals surface area (Å²) in [4.78, 5) is 12.5. The molecule has 23 heavy (non-hydrogen) atoms. The predicted molar refractivity (Wildman–Crippen MR) is 93.4 cm³/mol. The van der Waals surface area contributed by atoms with Gasteiger partial charge in [0.25, 0.3) is 0 Å². The number of carbonyl (C=O) groups is 1. The number of nitrogens with one attached hydrogen (secondary N) is 1. The molecule has 5 heteroatoms. The maximum absolute atomic E-state index is 12.5. The van der Waals surface area contributed by atoms with E-state index in [-0.39, 0.29) is 23.5 Å². The SMILES string of the molecule is CC(C)(C)CC(NC(=O)[C@@H]1CC[C@H](CN)O1)c1ccc(Cl)cc1. The maximum atomic E-state index is 12.5. The summed E-state index contributed by atoms with van der Waals surface area (Å²) >= 11 is 5.97. The molecule has 1 aromatic rings. The molecular weight excluding hydrogens is 312 g/mol. The van der Waals surface area contributed by atoms with Crippen molar-refractivity contribution in [1.82, 2.24) is 5.32 Å². The van der Waals surface area contributed by atoms with E-state index in [2.05, 4.69) is 26.1 Å². The largest absolute Gasteiger partial charge is 0.364 e. The third-order valence-electron chi connectivity index (χ3n) is 4.07. The van der Waals surface area contributed by atoms with Crippen molar-refractivity contribution in [2.45, 2.75) is 58.3 Å². The van der Waals surface area contributed by atoms with E-state index in [1.165, 1.54) is 0 Å². The minimum Gasteiger partial charge on any atom is -0.364 e. The highest BCUT2D eigenvalue weighted by atomic mass is 35.5. The van der Waals surface area contributed by atoms with Crippen molar-refractivity contribution < 1.29 is 9.53 Å². The average molecular weight is 339 g/mol. The highest BCUT2D eigenvalue weighted by Gasteiger charge is 2.32. The number of nitrogens with two attached hydrogens (primary N) is 1. The molecule has 3 atom stereocenters. The second-order valence-corrected chi connectivity index (χ2v) is 7.87. The minimum atomic E-state index is -0.390. The predicted octanol–water partition coefficient (Wildman–Crippen LogP) is 3.44. The van der Waals surface area contributed by atoms with E-state index in [1.807, 2.05) is 24.3 Å². The van der Waals surface area contributed by atoms with Crippen LogP contribution in [0.5, 0.6) is 0 Å². The maximum Gasteiger partial charge on any atom is 0.249 e. The van der Waals surface area contributed by atoms with Crippen LogP contribution in [-0.2, 0) is 9.53 Å². The van der Waals surface area contributed by atoms with Gasteiger partial charge in [-0.2, -0.15) is 0 Å². The Morgan fingerprint density at radius 3 is 2.52 bits per heavy atom. The lowest BCUT2D eigenvalue weighted by Gasteiger charge is -2.28. The van der Waals surface area contributed by atoms with Gasteiger partial charge in [-0.25, -0.2) is 0 Å². The molecule has 2 rings (SSSR count). The van der Waals surface area contributed by atoms with E-state index >= 15 is 0 Å². The van der Waals surface area contributed by atoms with Crippen molar-refractivity contribution in [2.75, 3.05) is 6.54 Å². The van der Waals surface area contributed by atoms with Gasteiger partial charge in [0.2, 0.25) is 5.91 Å². The number of carbonyl (C=O) groups excluding carboxylic acids is 1. The van der Waals surface area contributed by atoms with Crippen LogP contribution in [0, 0.1) is 5.41 Å².